The summed E-state index contributed by atoms with van der Waals surface area (Å²) in [5.41, 5.74) is 1.32. The van der Waals surface area contributed by atoms with E-state index in [0.717, 1.165) is 13.0 Å². The molecule has 0 aromatic heterocycles. The summed E-state index contributed by atoms with van der Waals surface area (Å²) in [6.45, 7) is 6.02. The van der Waals surface area contributed by atoms with Crippen LogP contribution in [0, 0.1) is 6.92 Å². The Labute approximate surface area is 98.9 Å². The van der Waals surface area contributed by atoms with E-state index < -0.39 is 0 Å². The zero-order valence-corrected chi connectivity index (χ0v) is 10.2. The Kier molecular flexibility index (Phi) is 6.86. The summed E-state index contributed by atoms with van der Waals surface area (Å²) in [5, 5.41) is 8.50. The lowest BCUT2D eigenvalue weighted by Gasteiger charge is -2.12. The molecule has 0 radical (unpaired) electrons. The van der Waals surface area contributed by atoms with Crippen LogP contribution in [-0.4, -0.2) is 36.2 Å². The molecule has 2 rings (SSSR count). The SMILES string of the molecule is Cc1ccccc1.OCCCN1CCCC1. The van der Waals surface area contributed by atoms with Crippen molar-refractivity contribution in [3.8, 4) is 0 Å². The van der Waals surface area contributed by atoms with Gasteiger partial charge in [-0.05, 0) is 39.3 Å². The number of aliphatic hydroxyl groups is 1. The molecule has 0 aliphatic carbocycles. The maximum absolute atomic E-state index is 8.50. The summed E-state index contributed by atoms with van der Waals surface area (Å²) in [7, 11) is 0. The van der Waals surface area contributed by atoms with Gasteiger partial charge in [0.25, 0.3) is 0 Å². The lowest BCUT2D eigenvalue weighted by atomic mass is 10.2. The van der Waals surface area contributed by atoms with Crippen molar-refractivity contribution in [3.63, 3.8) is 0 Å². The van der Waals surface area contributed by atoms with Gasteiger partial charge in [0.15, 0.2) is 0 Å². The van der Waals surface area contributed by atoms with Crippen molar-refractivity contribution in [2.24, 2.45) is 0 Å². The average molecular weight is 221 g/mol. The predicted octanol–water partition coefficient (Wildman–Crippen LogP) is 2.46. The Bertz CT molecular complexity index is 255. The van der Waals surface area contributed by atoms with E-state index in [-0.39, 0.29) is 0 Å². The van der Waals surface area contributed by atoms with Crippen LogP contribution in [0.3, 0.4) is 0 Å². The molecule has 1 aromatic rings. The number of rotatable bonds is 3. The van der Waals surface area contributed by atoms with Gasteiger partial charge in [-0.3, -0.25) is 0 Å². The molecule has 0 bridgehead atoms. The first-order chi connectivity index (χ1) is 7.83. The smallest absolute Gasteiger partial charge is 0.0443 e. The minimum Gasteiger partial charge on any atom is -0.396 e. The molecule has 1 aromatic carbocycles. The fourth-order valence-electron chi connectivity index (χ4n) is 1.83. The Hall–Kier alpha value is -0.860. The van der Waals surface area contributed by atoms with Crippen LogP contribution in [0.5, 0.6) is 0 Å². The zero-order chi connectivity index (χ0) is 11.6. The van der Waals surface area contributed by atoms with E-state index >= 15 is 0 Å². The van der Waals surface area contributed by atoms with Crippen LogP contribution in [0.2, 0.25) is 0 Å². The Morgan fingerprint density at radius 2 is 1.75 bits per heavy atom. The minimum atomic E-state index is 0.344. The summed E-state index contributed by atoms with van der Waals surface area (Å²) >= 11 is 0. The van der Waals surface area contributed by atoms with Crippen molar-refractivity contribution in [1.82, 2.24) is 4.90 Å². The normalized spacial score (nSPS) is 15.6. The van der Waals surface area contributed by atoms with Gasteiger partial charge >= 0.3 is 0 Å². The van der Waals surface area contributed by atoms with Gasteiger partial charge in [-0.25, -0.2) is 0 Å². The third-order valence-corrected chi connectivity index (χ3v) is 2.77. The van der Waals surface area contributed by atoms with Crippen molar-refractivity contribution >= 4 is 0 Å². The lowest BCUT2D eigenvalue weighted by molar-refractivity contribution is 0.248. The van der Waals surface area contributed by atoms with Gasteiger partial charge in [0.05, 0.1) is 0 Å². The molecule has 0 amide bonds. The van der Waals surface area contributed by atoms with Crippen LogP contribution in [-0.2, 0) is 0 Å². The summed E-state index contributed by atoms with van der Waals surface area (Å²) in [5.74, 6) is 0. The quantitative estimate of drug-likeness (QED) is 0.847. The highest BCUT2D eigenvalue weighted by Crippen LogP contribution is 2.06. The van der Waals surface area contributed by atoms with E-state index in [1.807, 2.05) is 18.2 Å². The maximum Gasteiger partial charge on any atom is 0.0443 e. The molecule has 1 aliphatic rings. The molecule has 1 aliphatic heterocycles. The molecular weight excluding hydrogens is 198 g/mol. The van der Waals surface area contributed by atoms with Crippen LogP contribution in [0.4, 0.5) is 0 Å². The minimum absolute atomic E-state index is 0.344. The number of nitrogens with zero attached hydrogens (tertiary/aromatic N) is 1. The van der Waals surface area contributed by atoms with Crippen LogP contribution < -0.4 is 0 Å². The second-order valence-electron chi connectivity index (χ2n) is 4.28. The molecule has 0 atom stereocenters. The highest BCUT2D eigenvalue weighted by atomic mass is 16.3. The number of aryl methyl sites for hydroxylation is 1. The zero-order valence-electron chi connectivity index (χ0n) is 10.2. The average Bonchev–Trinajstić information content (AvgIpc) is 2.81. The number of benzene rings is 1. The first kappa shape index (κ1) is 13.2. The Morgan fingerprint density at radius 1 is 1.12 bits per heavy atom. The molecular formula is C14H23NO. The Morgan fingerprint density at radius 3 is 2.19 bits per heavy atom. The molecule has 0 saturated carbocycles. The maximum atomic E-state index is 8.50. The first-order valence-corrected chi connectivity index (χ1v) is 6.18. The number of hydrogen-bond donors (Lipinski definition) is 1. The van der Waals surface area contributed by atoms with Crippen molar-refractivity contribution in [3.05, 3.63) is 35.9 Å². The molecule has 0 unspecified atom stereocenters. The molecule has 90 valence electrons. The van der Waals surface area contributed by atoms with Crippen molar-refractivity contribution in [2.45, 2.75) is 26.2 Å². The molecule has 1 saturated heterocycles. The van der Waals surface area contributed by atoms with Crippen molar-refractivity contribution < 1.29 is 5.11 Å². The van der Waals surface area contributed by atoms with Crippen molar-refractivity contribution in [2.75, 3.05) is 26.2 Å². The van der Waals surface area contributed by atoms with Gasteiger partial charge in [-0.15, -0.1) is 0 Å². The van der Waals surface area contributed by atoms with E-state index in [1.165, 1.54) is 31.5 Å². The molecule has 1 N–H and O–H groups in total. The van der Waals surface area contributed by atoms with E-state index in [2.05, 4.69) is 24.0 Å². The fraction of sp³-hybridized carbons (Fsp3) is 0.571. The van der Waals surface area contributed by atoms with Gasteiger partial charge in [0.1, 0.15) is 0 Å². The van der Waals surface area contributed by atoms with Crippen LogP contribution in [0.15, 0.2) is 30.3 Å². The summed E-state index contributed by atoms with van der Waals surface area (Å²) in [4.78, 5) is 2.41. The van der Waals surface area contributed by atoms with Crippen LogP contribution in [0.1, 0.15) is 24.8 Å². The standard InChI is InChI=1S/C7H15NO.C7H8/c9-7-3-6-8-4-1-2-5-8;1-7-5-3-2-4-6-7/h9H,1-7H2;2-6H,1H3. The van der Waals surface area contributed by atoms with E-state index in [0.29, 0.717) is 6.61 Å². The van der Waals surface area contributed by atoms with Crippen LogP contribution in [0.25, 0.3) is 0 Å². The molecule has 1 heterocycles. The van der Waals surface area contributed by atoms with Gasteiger partial charge in [-0.2, -0.15) is 0 Å². The van der Waals surface area contributed by atoms with Gasteiger partial charge in [0, 0.05) is 13.2 Å². The summed E-state index contributed by atoms with van der Waals surface area (Å²) in [6.07, 6.45) is 3.65. The Balaban J connectivity index is 0.000000165. The number of hydrogen-bond acceptors (Lipinski definition) is 2. The molecule has 2 heteroatoms. The second kappa shape index (κ2) is 8.31. The molecule has 16 heavy (non-hydrogen) atoms. The summed E-state index contributed by atoms with van der Waals surface area (Å²) < 4.78 is 0. The lowest BCUT2D eigenvalue weighted by Crippen LogP contribution is -2.20. The molecule has 1 fully saturated rings. The van der Waals surface area contributed by atoms with Gasteiger partial charge in [0.2, 0.25) is 0 Å². The molecule has 2 nitrogen and oxygen atoms in total. The summed E-state index contributed by atoms with van der Waals surface area (Å²) in [6, 6.07) is 10.3. The molecule has 0 spiro atoms. The highest BCUT2D eigenvalue weighted by molar-refractivity contribution is 5.11. The van der Waals surface area contributed by atoms with Gasteiger partial charge in [-0.1, -0.05) is 35.9 Å². The predicted molar refractivity (Wildman–Crippen MR) is 68.6 cm³/mol. The second-order valence-corrected chi connectivity index (χ2v) is 4.28. The van der Waals surface area contributed by atoms with E-state index in [4.69, 9.17) is 5.11 Å². The van der Waals surface area contributed by atoms with E-state index in [9.17, 15) is 0 Å². The first-order valence-electron chi connectivity index (χ1n) is 6.18. The third kappa shape index (κ3) is 5.89. The van der Waals surface area contributed by atoms with Crippen LogP contribution >= 0.6 is 0 Å². The fourth-order valence-corrected chi connectivity index (χ4v) is 1.83. The topological polar surface area (TPSA) is 23.5 Å². The largest absolute Gasteiger partial charge is 0.396 e. The van der Waals surface area contributed by atoms with Crippen molar-refractivity contribution in [1.29, 1.82) is 0 Å². The van der Waals surface area contributed by atoms with Gasteiger partial charge < -0.3 is 10.0 Å². The third-order valence-electron chi connectivity index (χ3n) is 2.77. The number of likely N-dealkylation sites (tertiary alicyclic amines) is 1. The van der Waals surface area contributed by atoms with E-state index in [1.54, 1.807) is 0 Å². The highest BCUT2D eigenvalue weighted by Gasteiger charge is 2.09. The number of aliphatic hydroxyl groups excluding tert-OH is 1. The monoisotopic (exact) mass is 221 g/mol.